The molecule has 4 rings (SSSR count). The molecule has 3 heterocycles. The molecule has 2 aliphatic rings. The van der Waals surface area contributed by atoms with Gasteiger partial charge in [-0.05, 0) is 42.8 Å². The molecule has 0 spiro atoms. The molecule has 2 aliphatic heterocycles. The number of aliphatic hydroxyl groups excluding tert-OH is 1. The topological polar surface area (TPSA) is 121 Å². The van der Waals surface area contributed by atoms with Crippen molar-refractivity contribution in [2.75, 3.05) is 52.5 Å². The maximum absolute atomic E-state index is 13.1. The molecule has 0 saturated carbocycles. The van der Waals surface area contributed by atoms with E-state index in [1.54, 1.807) is 26.0 Å². The van der Waals surface area contributed by atoms with Crippen LogP contribution in [-0.2, 0) is 24.3 Å². The van der Waals surface area contributed by atoms with Crippen molar-refractivity contribution in [1.29, 1.82) is 0 Å². The molecule has 37 heavy (non-hydrogen) atoms. The minimum atomic E-state index is -3.68. The molecule has 1 aromatic carbocycles. The number of benzene rings is 1. The lowest BCUT2D eigenvalue weighted by Crippen LogP contribution is -2.38. The summed E-state index contributed by atoms with van der Waals surface area (Å²) in [5, 5.41) is 11.2. The molecule has 200 valence electrons. The van der Waals surface area contributed by atoms with Crippen molar-refractivity contribution >= 4 is 27.5 Å². The lowest BCUT2D eigenvalue weighted by molar-refractivity contribution is -0.140. The summed E-state index contributed by atoms with van der Waals surface area (Å²) in [5.41, 5.74) is 0.159. The van der Waals surface area contributed by atoms with Crippen LogP contribution in [-0.4, -0.2) is 91.8 Å². The van der Waals surface area contributed by atoms with Gasteiger partial charge in [0, 0.05) is 44.8 Å². The fourth-order valence-corrected chi connectivity index (χ4v) is 6.25. The van der Waals surface area contributed by atoms with Crippen LogP contribution < -0.4 is 0 Å². The van der Waals surface area contributed by atoms with Gasteiger partial charge in [-0.3, -0.25) is 14.5 Å². The zero-order valence-corrected chi connectivity index (χ0v) is 21.9. The number of carbonyl (C=O) groups excluding carboxylic acids is 2. The van der Waals surface area contributed by atoms with E-state index in [0.717, 1.165) is 19.6 Å². The van der Waals surface area contributed by atoms with Crippen LogP contribution in [0.5, 0.6) is 0 Å². The molecule has 0 bridgehead atoms. The van der Waals surface area contributed by atoms with Gasteiger partial charge in [-0.1, -0.05) is 13.8 Å². The number of sulfonamides is 1. The summed E-state index contributed by atoms with van der Waals surface area (Å²) in [6.07, 6.45) is 2.10. The Balaban J connectivity index is 1.62. The van der Waals surface area contributed by atoms with Crippen LogP contribution in [0.3, 0.4) is 0 Å². The van der Waals surface area contributed by atoms with Crippen molar-refractivity contribution in [2.45, 2.75) is 31.2 Å². The van der Waals surface area contributed by atoms with Gasteiger partial charge in [0.25, 0.3) is 11.7 Å². The summed E-state index contributed by atoms with van der Waals surface area (Å²) in [6, 6.07) is 8.12. The fourth-order valence-electron chi connectivity index (χ4n) is 4.80. The SMILES string of the molecule is CCN(CC)S(=O)(=O)c1ccc(C(O)=C2C(=O)C(=O)N(CCCN3CCOCC3)C2c2ccco2)cc1. The van der Waals surface area contributed by atoms with Gasteiger partial charge in [0.15, 0.2) is 0 Å². The second-order valence-electron chi connectivity index (χ2n) is 8.93. The zero-order chi connectivity index (χ0) is 26.6. The molecule has 1 unspecified atom stereocenters. The number of morpholine rings is 1. The lowest BCUT2D eigenvalue weighted by Gasteiger charge is -2.28. The van der Waals surface area contributed by atoms with Crippen molar-refractivity contribution in [3.8, 4) is 0 Å². The quantitative estimate of drug-likeness (QED) is 0.282. The Bertz CT molecular complexity index is 1230. The molecule has 2 fully saturated rings. The van der Waals surface area contributed by atoms with E-state index < -0.39 is 27.8 Å². The van der Waals surface area contributed by atoms with Gasteiger partial charge < -0.3 is 19.2 Å². The van der Waals surface area contributed by atoms with E-state index in [2.05, 4.69) is 4.90 Å². The zero-order valence-electron chi connectivity index (χ0n) is 21.1. The van der Waals surface area contributed by atoms with E-state index in [4.69, 9.17) is 9.15 Å². The monoisotopic (exact) mass is 531 g/mol. The van der Waals surface area contributed by atoms with Crippen LogP contribution >= 0.6 is 0 Å². The van der Waals surface area contributed by atoms with Crippen LogP contribution in [0.2, 0.25) is 0 Å². The first kappa shape index (κ1) is 27.1. The van der Waals surface area contributed by atoms with Crippen LogP contribution in [0.15, 0.2) is 57.5 Å². The number of nitrogens with zero attached hydrogens (tertiary/aromatic N) is 3. The third-order valence-corrected chi connectivity index (χ3v) is 8.86. The summed E-state index contributed by atoms with van der Waals surface area (Å²) in [7, 11) is -3.68. The lowest BCUT2D eigenvalue weighted by atomic mass is 9.99. The van der Waals surface area contributed by atoms with Crippen molar-refractivity contribution in [1.82, 2.24) is 14.1 Å². The Hall–Kier alpha value is -2.99. The summed E-state index contributed by atoms with van der Waals surface area (Å²) < 4.78 is 37.9. The number of amides is 1. The van der Waals surface area contributed by atoms with E-state index in [1.165, 1.54) is 39.7 Å². The molecule has 0 radical (unpaired) electrons. The molecule has 2 saturated heterocycles. The van der Waals surface area contributed by atoms with Gasteiger partial charge in [-0.15, -0.1) is 0 Å². The Labute approximate surface area is 217 Å². The number of furan rings is 1. The highest BCUT2D eigenvalue weighted by Gasteiger charge is 2.47. The summed E-state index contributed by atoms with van der Waals surface area (Å²) in [6.45, 7) is 8.23. The standard InChI is InChI=1S/C26H33N3O7S/c1-3-28(4-2)37(33,34)20-10-8-19(9-11-20)24(30)22-23(21-7-5-16-36-21)29(26(32)25(22)31)13-6-12-27-14-17-35-18-15-27/h5,7-11,16,23,30H,3-4,6,12-15,17-18H2,1-2H3. The number of hydrogen-bond donors (Lipinski definition) is 1. The van der Waals surface area contributed by atoms with Gasteiger partial charge in [0.1, 0.15) is 17.6 Å². The third kappa shape index (κ3) is 5.49. The average molecular weight is 532 g/mol. The van der Waals surface area contributed by atoms with Crippen LogP contribution in [0, 0.1) is 0 Å². The highest BCUT2D eigenvalue weighted by Crippen LogP contribution is 2.39. The van der Waals surface area contributed by atoms with Crippen molar-refractivity contribution in [3.63, 3.8) is 0 Å². The van der Waals surface area contributed by atoms with E-state index >= 15 is 0 Å². The van der Waals surface area contributed by atoms with Gasteiger partial charge in [0.2, 0.25) is 10.0 Å². The molecular weight excluding hydrogens is 498 g/mol. The highest BCUT2D eigenvalue weighted by atomic mass is 32.2. The Morgan fingerprint density at radius 1 is 1.05 bits per heavy atom. The number of rotatable bonds is 10. The number of hydrogen-bond acceptors (Lipinski definition) is 8. The predicted octanol–water partition coefficient (Wildman–Crippen LogP) is 2.45. The van der Waals surface area contributed by atoms with E-state index in [9.17, 15) is 23.1 Å². The van der Waals surface area contributed by atoms with E-state index in [1.807, 2.05) is 0 Å². The maximum atomic E-state index is 13.1. The first-order valence-electron chi connectivity index (χ1n) is 12.5. The number of aliphatic hydroxyl groups is 1. The normalized spacial score (nSPS) is 20.7. The second kappa shape index (κ2) is 11.6. The number of Topliss-reactive ketones (excluding diaryl/α,β-unsaturated/α-hetero) is 1. The van der Waals surface area contributed by atoms with E-state index in [-0.39, 0.29) is 21.8 Å². The van der Waals surface area contributed by atoms with Crippen molar-refractivity contribution < 1.29 is 32.3 Å². The largest absolute Gasteiger partial charge is 0.507 e. The predicted molar refractivity (Wildman–Crippen MR) is 136 cm³/mol. The number of likely N-dealkylation sites (tertiary alicyclic amines) is 1. The molecular formula is C26H33N3O7S. The molecule has 1 atom stereocenters. The van der Waals surface area contributed by atoms with Gasteiger partial charge in [-0.2, -0.15) is 4.31 Å². The summed E-state index contributed by atoms with van der Waals surface area (Å²) >= 11 is 0. The molecule has 0 aliphatic carbocycles. The third-order valence-electron chi connectivity index (χ3n) is 6.80. The molecule has 1 amide bonds. The smallest absolute Gasteiger partial charge is 0.295 e. The molecule has 10 nitrogen and oxygen atoms in total. The van der Waals surface area contributed by atoms with Gasteiger partial charge >= 0.3 is 0 Å². The maximum Gasteiger partial charge on any atom is 0.295 e. The van der Waals surface area contributed by atoms with Gasteiger partial charge in [-0.25, -0.2) is 8.42 Å². The van der Waals surface area contributed by atoms with Crippen molar-refractivity contribution in [2.24, 2.45) is 0 Å². The highest BCUT2D eigenvalue weighted by molar-refractivity contribution is 7.89. The number of ketones is 1. The van der Waals surface area contributed by atoms with Crippen LogP contribution in [0.4, 0.5) is 0 Å². The first-order chi connectivity index (χ1) is 17.8. The molecule has 2 aromatic rings. The second-order valence-corrected chi connectivity index (χ2v) is 10.9. The Kier molecular flexibility index (Phi) is 8.48. The van der Waals surface area contributed by atoms with Crippen LogP contribution in [0.25, 0.3) is 5.76 Å². The first-order valence-corrected chi connectivity index (χ1v) is 14.0. The number of carbonyl (C=O) groups is 2. The number of ether oxygens (including phenoxy) is 1. The van der Waals surface area contributed by atoms with Crippen molar-refractivity contribution in [3.05, 3.63) is 59.6 Å². The molecule has 1 N–H and O–H groups in total. The van der Waals surface area contributed by atoms with Gasteiger partial charge in [0.05, 0.1) is 29.9 Å². The van der Waals surface area contributed by atoms with Crippen LogP contribution in [0.1, 0.15) is 37.6 Å². The van der Waals surface area contributed by atoms with E-state index in [0.29, 0.717) is 45.0 Å². The molecule has 11 heteroatoms. The Morgan fingerprint density at radius 3 is 2.32 bits per heavy atom. The summed E-state index contributed by atoms with van der Waals surface area (Å²) in [5.74, 6) is -1.51. The minimum absolute atomic E-state index is 0.0781. The fraction of sp³-hybridized carbons (Fsp3) is 0.462. The summed E-state index contributed by atoms with van der Waals surface area (Å²) in [4.78, 5) is 29.9. The Morgan fingerprint density at radius 2 is 1.73 bits per heavy atom. The average Bonchev–Trinajstić information content (AvgIpc) is 3.52. The minimum Gasteiger partial charge on any atom is -0.507 e. The molecule has 1 aromatic heterocycles.